The van der Waals surface area contributed by atoms with Crippen molar-refractivity contribution in [2.75, 3.05) is 45.3 Å². The van der Waals surface area contributed by atoms with E-state index in [0.29, 0.717) is 19.8 Å². The van der Waals surface area contributed by atoms with E-state index in [9.17, 15) is 13.2 Å². The van der Waals surface area contributed by atoms with Crippen LogP contribution >= 0.6 is 11.3 Å². The summed E-state index contributed by atoms with van der Waals surface area (Å²) in [4.78, 5) is 5.90. The molecule has 1 saturated heterocycles. The van der Waals surface area contributed by atoms with E-state index in [0.717, 1.165) is 41.1 Å². The lowest BCUT2D eigenvalue weighted by Gasteiger charge is -2.35. The average Bonchev–Trinajstić information content (AvgIpc) is 3.13. The molecule has 1 fully saturated rings. The van der Waals surface area contributed by atoms with Gasteiger partial charge in [0.15, 0.2) is 10.8 Å². The Hall–Kier alpha value is -1.84. The number of thiazole rings is 1. The Morgan fingerprint density at radius 2 is 1.96 bits per heavy atom. The third-order valence-corrected chi connectivity index (χ3v) is 5.03. The SMILES string of the molecule is COc1ccc(C(CNc2nc(C(F)(F)F)cs2)N2CCOCC2)cc1. The van der Waals surface area contributed by atoms with E-state index in [4.69, 9.17) is 9.47 Å². The third-order valence-electron chi connectivity index (χ3n) is 4.23. The molecular formula is C17H20F3N3O2S. The van der Waals surface area contributed by atoms with Crippen LogP contribution in [0.25, 0.3) is 0 Å². The first kappa shape index (κ1) is 18.9. The van der Waals surface area contributed by atoms with Crippen LogP contribution < -0.4 is 10.1 Å². The highest BCUT2D eigenvalue weighted by Crippen LogP contribution is 2.32. The number of halogens is 3. The fraction of sp³-hybridized carbons (Fsp3) is 0.471. The zero-order valence-electron chi connectivity index (χ0n) is 14.3. The van der Waals surface area contributed by atoms with Crippen LogP contribution in [0.3, 0.4) is 0 Å². The third kappa shape index (κ3) is 4.66. The fourth-order valence-electron chi connectivity index (χ4n) is 2.84. The summed E-state index contributed by atoms with van der Waals surface area (Å²) in [6.07, 6.45) is -4.42. The summed E-state index contributed by atoms with van der Waals surface area (Å²) in [5, 5.41) is 4.35. The number of methoxy groups -OCH3 is 1. The molecule has 142 valence electrons. The van der Waals surface area contributed by atoms with E-state index in [1.807, 2.05) is 24.3 Å². The predicted molar refractivity (Wildman–Crippen MR) is 93.7 cm³/mol. The Kier molecular flexibility index (Phi) is 6.00. The van der Waals surface area contributed by atoms with Crippen LogP contribution in [0.4, 0.5) is 18.3 Å². The van der Waals surface area contributed by atoms with Crippen molar-refractivity contribution >= 4 is 16.5 Å². The van der Waals surface area contributed by atoms with Crippen LogP contribution in [0.15, 0.2) is 29.6 Å². The minimum atomic E-state index is -4.42. The number of morpholine rings is 1. The van der Waals surface area contributed by atoms with Crippen LogP contribution in [0, 0.1) is 0 Å². The second-order valence-electron chi connectivity index (χ2n) is 5.85. The first-order chi connectivity index (χ1) is 12.5. The molecule has 9 heteroatoms. The summed E-state index contributed by atoms with van der Waals surface area (Å²) >= 11 is 0.961. The summed E-state index contributed by atoms with van der Waals surface area (Å²) in [6, 6.07) is 7.72. The van der Waals surface area contributed by atoms with E-state index in [-0.39, 0.29) is 11.2 Å². The maximum atomic E-state index is 12.7. The summed E-state index contributed by atoms with van der Waals surface area (Å²) in [5.74, 6) is 0.761. The Balaban J connectivity index is 1.73. The lowest BCUT2D eigenvalue weighted by molar-refractivity contribution is -0.140. The molecule has 0 spiro atoms. The molecule has 2 aromatic rings. The Morgan fingerprint density at radius 1 is 1.27 bits per heavy atom. The highest BCUT2D eigenvalue weighted by molar-refractivity contribution is 7.13. The lowest BCUT2D eigenvalue weighted by Crippen LogP contribution is -2.41. The minimum absolute atomic E-state index is 0.00282. The molecule has 1 aliphatic rings. The van der Waals surface area contributed by atoms with E-state index < -0.39 is 11.9 Å². The quantitative estimate of drug-likeness (QED) is 0.820. The predicted octanol–water partition coefficient (Wildman–Crippen LogP) is 3.66. The smallest absolute Gasteiger partial charge is 0.434 e. The zero-order valence-corrected chi connectivity index (χ0v) is 15.1. The van der Waals surface area contributed by atoms with Crippen LogP contribution in [0.2, 0.25) is 0 Å². The molecular weight excluding hydrogens is 367 g/mol. The van der Waals surface area contributed by atoms with Gasteiger partial charge in [0, 0.05) is 25.0 Å². The number of ether oxygens (including phenoxy) is 2. The topological polar surface area (TPSA) is 46.6 Å². The van der Waals surface area contributed by atoms with Gasteiger partial charge in [0.2, 0.25) is 0 Å². The highest BCUT2D eigenvalue weighted by Gasteiger charge is 2.34. The molecule has 0 aliphatic carbocycles. The maximum Gasteiger partial charge on any atom is 0.434 e. The van der Waals surface area contributed by atoms with E-state index >= 15 is 0 Å². The summed E-state index contributed by atoms with van der Waals surface area (Å²) in [7, 11) is 1.61. The molecule has 1 atom stereocenters. The Morgan fingerprint density at radius 3 is 2.54 bits per heavy atom. The van der Waals surface area contributed by atoms with Gasteiger partial charge in [-0.3, -0.25) is 4.90 Å². The normalized spacial score (nSPS) is 17.1. The molecule has 0 radical (unpaired) electrons. The number of nitrogens with zero attached hydrogens (tertiary/aromatic N) is 2. The molecule has 0 saturated carbocycles. The molecule has 5 nitrogen and oxygen atoms in total. The van der Waals surface area contributed by atoms with Crippen molar-refractivity contribution in [1.29, 1.82) is 0 Å². The first-order valence-corrected chi connectivity index (χ1v) is 9.07. The van der Waals surface area contributed by atoms with Gasteiger partial charge in [0.05, 0.1) is 26.4 Å². The standard InChI is InChI=1S/C17H20F3N3O2S/c1-24-13-4-2-12(3-5-13)14(23-6-8-25-9-7-23)10-21-16-22-15(11-26-16)17(18,19)20/h2-5,11,14H,6-10H2,1H3,(H,21,22). The van der Waals surface area contributed by atoms with Gasteiger partial charge in [-0.25, -0.2) is 4.98 Å². The van der Waals surface area contributed by atoms with Gasteiger partial charge in [-0.15, -0.1) is 11.3 Å². The largest absolute Gasteiger partial charge is 0.497 e. The highest BCUT2D eigenvalue weighted by atomic mass is 32.1. The summed E-state index contributed by atoms with van der Waals surface area (Å²) in [5.41, 5.74) is 0.199. The number of aromatic nitrogens is 1. The maximum absolute atomic E-state index is 12.7. The Bertz CT molecular complexity index is 700. The molecule has 2 heterocycles. The van der Waals surface area contributed by atoms with Gasteiger partial charge in [0.25, 0.3) is 0 Å². The van der Waals surface area contributed by atoms with Crippen molar-refractivity contribution in [2.45, 2.75) is 12.2 Å². The number of hydrogen-bond donors (Lipinski definition) is 1. The second-order valence-corrected chi connectivity index (χ2v) is 6.71. The van der Waals surface area contributed by atoms with Crippen LogP contribution in [0.1, 0.15) is 17.3 Å². The molecule has 1 N–H and O–H groups in total. The number of benzene rings is 1. The van der Waals surface area contributed by atoms with Crippen molar-refractivity contribution in [2.24, 2.45) is 0 Å². The Labute approximate surface area is 153 Å². The monoisotopic (exact) mass is 387 g/mol. The van der Waals surface area contributed by atoms with Crippen molar-refractivity contribution in [3.63, 3.8) is 0 Å². The van der Waals surface area contributed by atoms with Gasteiger partial charge in [-0.2, -0.15) is 13.2 Å². The minimum Gasteiger partial charge on any atom is -0.497 e. The van der Waals surface area contributed by atoms with Crippen LogP contribution in [-0.2, 0) is 10.9 Å². The molecule has 0 amide bonds. The van der Waals surface area contributed by atoms with Gasteiger partial charge < -0.3 is 14.8 Å². The molecule has 0 bridgehead atoms. The lowest BCUT2D eigenvalue weighted by atomic mass is 10.0. The number of hydrogen-bond acceptors (Lipinski definition) is 6. The average molecular weight is 387 g/mol. The molecule has 3 rings (SSSR count). The van der Waals surface area contributed by atoms with Crippen molar-refractivity contribution in [1.82, 2.24) is 9.88 Å². The van der Waals surface area contributed by atoms with Crippen LogP contribution in [0.5, 0.6) is 5.75 Å². The number of nitrogens with one attached hydrogen (secondary N) is 1. The van der Waals surface area contributed by atoms with Crippen molar-refractivity contribution < 1.29 is 22.6 Å². The van der Waals surface area contributed by atoms with Crippen LogP contribution in [-0.4, -0.2) is 49.8 Å². The van der Waals surface area contributed by atoms with Gasteiger partial charge in [-0.1, -0.05) is 12.1 Å². The molecule has 1 unspecified atom stereocenters. The van der Waals surface area contributed by atoms with E-state index in [2.05, 4.69) is 15.2 Å². The summed E-state index contributed by atoms with van der Waals surface area (Å²) in [6.45, 7) is 3.27. The fourth-order valence-corrected chi connectivity index (χ4v) is 3.57. The second kappa shape index (κ2) is 8.24. The van der Waals surface area contributed by atoms with Gasteiger partial charge in [-0.05, 0) is 17.7 Å². The molecule has 1 aromatic heterocycles. The molecule has 26 heavy (non-hydrogen) atoms. The van der Waals surface area contributed by atoms with E-state index in [1.54, 1.807) is 7.11 Å². The zero-order chi connectivity index (χ0) is 18.6. The van der Waals surface area contributed by atoms with Crippen molar-refractivity contribution in [3.05, 3.63) is 40.9 Å². The van der Waals surface area contributed by atoms with Gasteiger partial charge in [0.1, 0.15) is 5.75 Å². The number of alkyl halides is 3. The van der Waals surface area contributed by atoms with Crippen molar-refractivity contribution in [3.8, 4) is 5.75 Å². The number of rotatable bonds is 6. The molecule has 1 aliphatic heterocycles. The van der Waals surface area contributed by atoms with Gasteiger partial charge >= 0.3 is 6.18 Å². The van der Waals surface area contributed by atoms with E-state index in [1.165, 1.54) is 0 Å². The summed E-state index contributed by atoms with van der Waals surface area (Å²) < 4.78 is 48.7. The molecule has 1 aromatic carbocycles. The first-order valence-electron chi connectivity index (χ1n) is 8.19. The number of anilines is 1.